The Hall–Kier alpha value is -0.620. The van der Waals surface area contributed by atoms with Gasteiger partial charge in [-0.1, -0.05) is 6.42 Å². The van der Waals surface area contributed by atoms with Gasteiger partial charge in [-0.15, -0.1) is 0 Å². The molecule has 0 spiro atoms. The molecule has 0 aliphatic heterocycles. The number of hydrogen-bond acceptors (Lipinski definition) is 4. The summed E-state index contributed by atoms with van der Waals surface area (Å²) in [6.07, 6.45) is 4.40. The largest absolute Gasteiger partial charge is 0.340 e. The number of carbonyl (C=O) groups is 1. The minimum Gasteiger partial charge on any atom is -0.340 e. The fourth-order valence-corrected chi connectivity index (χ4v) is 3.26. The first-order valence-electron chi connectivity index (χ1n) is 6.56. The smallest absolute Gasteiger partial charge is 0.223 e. The third-order valence-electron chi connectivity index (χ3n) is 3.67. The van der Waals surface area contributed by atoms with Crippen LogP contribution in [-0.2, 0) is 14.6 Å². The second-order valence-electron chi connectivity index (χ2n) is 5.05. The van der Waals surface area contributed by atoms with Crippen molar-refractivity contribution in [2.75, 3.05) is 25.1 Å². The Kier molecular flexibility index (Phi) is 5.59. The molecular formula is C12H24N2O3S. The Morgan fingerprint density at radius 1 is 1.39 bits per heavy atom. The maximum absolute atomic E-state index is 12.1. The van der Waals surface area contributed by atoms with E-state index in [1.807, 2.05) is 11.8 Å². The summed E-state index contributed by atoms with van der Waals surface area (Å²) in [5.74, 6) is 0.239. The van der Waals surface area contributed by atoms with Crippen molar-refractivity contribution in [1.82, 2.24) is 4.90 Å². The zero-order valence-corrected chi connectivity index (χ0v) is 12.1. The van der Waals surface area contributed by atoms with Gasteiger partial charge in [-0.05, 0) is 32.2 Å². The van der Waals surface area contributed by atoms with E-state index >= 15 is 0 Å². The average molecular weight is 276 g/mol. The lowest BCUT2D eigenvalue weighted by Crippen LogP contribution is -2.44. The van der Waals surface area contributed by atoms with E-state index < -0.39 is 9.84 Å². The highest BCUT2D eigenvalue weighted by Crippen LogP contribution is 2.29. The SMILES string of the molecule is CCN(C(=O)CCS(C)(=O)=O)C1CCCC1CN. The second-order valence-corrected chi connectivity index (χ2v) is 7.31. The number of carbonyl (C=O) groups excluding carboxylic acids is 1. The van der Waals surface area contributed by atoms with E-state index in [1.54, 1.807) is 0 Å². The zero-order chi connectivity index (χ0) is 13.8. The molecule has 5 nitrogen and oxygen atoms in total. The van der Waals surface area contributed by atoms with Crippen molar-refractivity contribution in [3.8, 4) is 0 Å². The molecule has 0 aromatic heterocycles. The Bertz CT molecular complexity index is 381. The molecule has 0 heterocycles. The van der Waals surface area contributed by atoms with Gasteiger partial charge in [-0.25, -0.2) is 8.42 Å². The van der Waals surface area contributed by atoms with Gasteiger partial charge in [0.15, 0.2) is 0 Å². The Balaban J connectivity index is 2.62. The number of amides is 1. The Morgan fingerprint density at radius 2 is 2.06 bits per heavy atom. The number of nitrogens with zero attached hydrogens (tertiary/aromatic N) is 1. The minimum atomic E-state index is -3.08. The first kappa shape index (κ1) is 15.4. The monoisotopic (exact) mass is 276 g/mol. The standard InChI is InChI=1S/C12H24N2O3S/c1-3-14(11-6-4-5-10(11)9-13)12(15)7-8-18(2,16)17/h10-11H,3-9,13H2,1-2H3. The van der Waals surface area contributed by atoms with E-state index in [-0.39, 0.29) is 24.1 Å². The van der Waals surface area contributed by atoms with Gasteiger partial charge in [-0.3, -0.25) is 4.79 Å². The molecule has 2 unspecified atom stereocenters. The van der Waals surface area contributed by atoms with Gasteiger partial charge in [-0.2, -0.15) is 0 Å². The molecule has 1 fully saturated rings. The zero-order valence-electron chi connectivity index (χ0n) is 11.3. The minimum absolute atomic E-state index is 0.0618. The summed E-state index contributed by atoms with van der Waals surface area (Å²) in [6.45, 7) is 3.16. The van der Waals surface area contributed by atoms with Crippen LogP contribution in [0.15, 0.2) is 0 Å². The van der Waals surface area contributed by atoms with Crippen molar-refractivity contribution in [2.24, 2.45) is 11.7 Å². The fraction of sp³-hybridized carbons (Fsp3) is 0.917. The molecule has 1 aliphatic carbocycles. The van der Waals surface area contributed by atoms with Crippen molar-refractivity contribution < 1.29 is 13.2 Å². The van der Waals surface area contributed by atoms with Crippen LogP contribution >= 0.6 is 0 Å². The van der Waals surface area contributed by atoms with Crippen LogP contribution in [-0.4, -0.2) is 50.4 Å². The van der Waals surface area contributed by atoms with E-state index in [1.165, 1.54) is 0 Å². The summed E-state index contributed by atoms with van der Waals surface area (Å²) >= 11 is 0. The number of sulfone groups is 1. The molecule has 18 heavy (non-hydrogen) atoms. The molecule has 1 aliphatic rings. The predicted octanol–water partition coefficient (Wildman–Crippen LogP) is 0.397. The van der Waals surface area contributed by atoms with Crippen molar-refractivity contribution >= 4 is 15.7 Å². The van der Waals surface area contributed by atoms with Crippen molar-refractivity contribution in [1.29, 1.82) is 0 Å². The van der Waals surface area contributed by atoms with E-state index in [4.69, 9.17) is 5.73 Å². The molecule has 1 amide bonds. The molecule has 0 saturated heterocycles. The lowest BCUT2D eigenvalue weighted by Gasteiger charge is -2.32. The highest BCUT2D eigenvalue weighted by molar-refractivity contribution is 7.90. The molecule has 0 aromatic rings. The topological polar surface area (TPSA) is 80.5 Å². The quantitative estimate of drug-likeness (QED) is 0.761. The van der Waals surface area contributed by atoms with Crippen LogP contribution in [0.3, 0.4) is 0 Å². The summed E-state index contributed by atoms with van der Waals surface area (Å²) in [7, 11) is -3.08. The molecule has 1 rings (SSSR count). The number of nitrogens with two attached hydrogens (primary N) is 1. The second kappa shape index (κ2) is 6.52. The highest BCUT2D eigenvalue weighted by Gasteiger charge is 2.32. The molecule has 0 radical (unpaired) electrons. The molecule has 6 heteroatoms. The highest BCUT2D eigenvalue weighted by atomic mass is 32.2. The fourth-order valence-electron chi connectivity index (χ4n) is 2.71. The average Bonchev–Trinajstić information content (AvgIpc) is 2.74. The molecule has 1 saturated carbocycles. The lowest BCUT2D eigenvalue weighted by atomic mass is 10.0. The Labute approximate surface area is 110 Å². The van der Waals surface area contributed by atoms with Crippen molar-refractivity contribution in [3.63, 3.8) is 0 Å². The summed E-state index contributed by atoms with van der Waals surface area (Å²) in [6, 6.07) is 0.201. The van der Waals surface area contributed by atoms with E-state index in [2.05, 4.69) is 0 Å². The van der Waals surface area contributed by atoms with Crippen LogP contribution in [0.5, 0.6) is 0 Å². The van der Waals surface area contributed by atoms with Crippen LogP contribution < -0.4 is 5.73 Å². The van der Waals surface area contributed by atoms with Gasteiger partial charge < -0.3 is 10.6 Å². The molecule has 2 atom stereocenters. The van der Waals surface area contributed by atoms with Crippen molar-refractivity contribution in [2.45, 2.75) is 38.6 Å². The number of rotatable bonds is 6. The first-order chi connectivity index (χ1) is 8.39. The van der Waals surface area contributed by atoms with Gasteiger partial charge in [0.2, 0.25) is 5.91 Å². The predicted molar refractivity (Wildman–Crippen MR) is 71.9 cm³/mol. The molecule has 2 N–H and O–H groups in total. The summed E-state index contributed by atoms with van der Waals surface area (Å²) in [4.78, 5) is 13.9. The number of hydrogen-bond donors (Lipinski definition) is 1. The first-order valence-corrected chi connectivity index (χ1v) is 8.62. The molecule has 0 bridgehead atoms. The van der Waals surface area contributed by atoms with Crippen LogP contribution in [0.4, 0.5) is 0 Å². The van der Waals surface area contributed by atoms with Gasteiger partial charge in [0.1, 0.15) is 9.84 Å². The third kappa shape index (κ3) is 4.24. The van der Waals surface area contributed by atoms with E-state index in [0.29, 0.717) is 19.0 Å². The van der Waals surface area contributed by atoms with Crippen molar-refractivity contribution in [3.05, 3.63) is 0 Å². The summed E-state index contributed by atoms with van der Waals surface area (Å²) < 4.78 is 22.2. The molecule has 106 valence electrons. The van der Waals surface area contributed by atoms with E-state index in [0.717, 1.165) is 25.5 Å². The normalized spacial score (nSPS) is 24.2. The molecular weight excluding hydrogens is 252 g/mol. The van der Waals surface area contributed by atoms with Crippen LogP contribution in [0.25, 0.3) is 0 Å². The summed E-state index contributed by atoms with van der Waals surface area (Å²) in [5.41, 5.74) is 5.73. The van der Waals surface area contributed by atoms with Gasteiger partial charge in [0, 0.05) is 25.3 Å². The van der Waals surface area contributed by atoms with E-state index in [9.17, 15) is 13.2 Å². The van der Waals surface area contributed by atoms with Crippen LogP contribution in [0.1, 0.15) is 32.6 Å². The molecule has 0 aromatic carbocycles. The van der Waals surface area contributed by atoms with Crippen LogP contribution in [0, 0.1) is 5.92 Å². The van der Waals surface area contributed by atoms with Crippen LogP contribution in [0.2, 0.25) is 0 Å². The van der Waals surface area contributed by atoms with Gasteiger partial charge in [0.05, 0.1) is 5.75 Å². The summed E-state index contributed by atoms with van der Waals surface area (Å²) in [5, 5.41) is 0. The van der Waals surface area contributed by atoms with Gasteiger partial charge in [0.25, 0.3) is 0 Å². The third-order valence-corrected chi connectivity index (χ3v) is 4.62. The maximum atomic E-state index is 12.1. The Morgan fingerprint density at radius 3 is 2.56 bits per heavy atom. The van der Waals surface area contributed by atoms with Gasteiger partial charge >= 0.3 is 0 Å². The lowest BCUT2D eigenvalue weighted by molar-refractivity contribution is -0.133. The maximum Gasteiger partial charge on any atom is 0.223 e.